The van der Waals surface area contributed by atoms with Crippen molar-refractivity contribution in [3.05, 3.63) is 34.7 Å². The number of carbonyl (C=O) groups is 1. The summed E-state index contributed by atoms with van der Waals surface area (Å²) in [6.45, 7) is 4.32. The summed E-state index contributed by atoms with van der Waals surface area (Å²) in [5.41, 5.74) is 7.71. The maximum Gasteiger partial charge on any atom is 0.261 e. The molecule has 0 radical (unpaired) electrons. The summed E-state index contributed by atoms with van der Waals surface area (Å²) in [5.74, 6) is 0.0114. The SMILES string of the molecule is CC(NC(=O)c1cc2cccc(C3(C)CC3)c2s1)C1(N)CC1. The molecular formula is C18H22N2OS. The molecule has 3 N–H and O–H groups in total. The molecule has 0 bridgehead atoms. The molecule has 22 heavy (non-hydrogen) atoms. The van der Waals surface area contributed by atoms with E-state index in [9.17, 15) is 4.79 Å². The van der Waals surface area contributed by atoms with Crippen molar-refractivity contribution in [2.75, 3.05) is 0 Å². The highest BCUT2D eigenvalue weighted by Gasteiger charge is 2.44. The van der Waals surface area contributed by atoms with Crippen LogP contribution in [0.4, 0.5) is 0 Å². The van der Waals surface area contributed by atoms with Crippen molar-refractivity contribution < 1.29 is 4.79 Å². The molecule has 2 aliphatic rings. The molecule has 2 fully saturated rings. The largest absolute Gasteiger partial charge is 0.347 e. The van der Waals surface area contributed by atoms with Crippen molar-refractivity contribution in [1.82, 2.24) is 5.32 Å². The number of nitrogens with two attached hydrogens (primary N) is 1. The molecule has 1 aromatic heterocycles. The summed E-state index contributed by atoms with van der Waals surface area (Å²) in [6, 6.07) is 8.48. The molecule has 2 aromatic rings. The Kier molecular flexibility index (Phi) is 2.94. The first-order valence-electron chi connectivity index (χ1n) is 8.04. The van der Waals surface area contributed by atoms with Gasteiger partial charge in [-0.3, -0.25) is 4.79 Å². The van der Waals surface area contributed by atoms with Gasteiger partial charge in [-0.25, -0.2) is 0 Å². The zero-order chi connectivity index (χ0) is 15.5. The number of fused-ring (bicyclic) bond motifs is 1. The molecule has 1 heterocycles. The first-order chi connectivity index (χ1) is 10.4. The average molecular weight is 314 g/mol. The van der Waals surface area contributed by atoms with Crippen LogP contribution in [0.1, 0.15) is 54.8 Å². The van der Waals surface area contributed by atoms with E-state index in [-0.39, 0.29) is 17.5 Å². The molecule has 1 aromatic carbocycles. The quantitative estimate of drug-likeness (QED) is 0.906. The van der Waals surface area contributed by atoms with Crippen LogP contribution in [0, 0.1) is 0 Å². The normalized spacial score (nSPS) is 22.3. The minimum Gasteiger partial charge on any atom is -0.347 e. The van der Waals surface area contributed by atoms with Crippen LogP contribution in [0.2, 0.25) is 0 Å². The van der Waals surface area contributed by atoms with Gasteiger partial charge in [0.15, 0.2) is 0 Å². The predicted octanol–water partition coefficient (Wildman–Crippen LogP) is 3.56. The van der Waals surface area contributed by atoms with Crippen molar-refractivity contribution in [3.8, 4) is 0 Å². The summed E-state index contributed by atoms with van der Waals surface area (Å²) < 4.78 is 1.27. The lowest BCUT2D eigenvalue weighted by Crippen LogP contribution is -2.47. The molecule has 116 valence electrons. The maximum absolute atomic E-state index is 12.5. The monoisotopic (exact) mass is 314 g/mol. The highest BCUT2D eigenvalue weighted by Crippen LogP contribution is 2.51. The molecule has 1 atom stereocenters. The second-order valence-electron chi connectivity index (χ2n) is 7.32. The van der Waals surface area contributed by atoms with Crippen LogP contribution in [-0.2, 0) is 5.41 Å². The van der Waals surface area contributed by atoms with Crippen molar-refractivity contribution in [3.63, 3.8) is 0 Å². The number of hydrogen-bond donors (Lipinski definition) is 2. The van der Waals surface area contributed by atoms with Gasteiger partial charge in [0.2, 0.25) is 0 Å². The molecule has 0 spiro atoms. The Labute approximate surface area is 134 Å². The van der Waals surface area contributed by atoms with Crippen LogP contribution in [0.25, 0.3) is 10.1 Å². The van der Waals surface area contributed by atoms with E-state index >= 15 is 0 Å². The molecule has 4 heteroatoms. The number of hydrogen-bond acceptors (Lipinski definition) is 3. The Morgan fingerprint density at radius 1 is 1.32 bits per heavy atom. The summed E-state index contributed by atoms with van der Waals surface area (Å²) in [7, 11) is 0. The van der Waals surface area contributed by atoms with Gasteiger partial charge in [-0.1, -0.05) is 25.1 Å². The van der Waals surface area contributed by atoms with Crippen LogP contribution in [0.15, 0.2) is 24.3 Å². The van der Waals surface area contributed by atoms with Crippen molar-refractivity contribution >= 4 is 27.3 Å². The highest BCUT2D eigenvalue weighted by molar-refractivity contribution is 7.21. The lowest BCUT2D eigenvalue weighted by atomic mass is 9.97. The van der Waals surface area contributed by atoms with E-state index in [0.717, 1.165) is 17.7 Å². The van der Waals surface area contributed by atoms with E-state index in [1.807, 2.05) is 13.0 Å². The molecule has 0 saturated heterocycles. The minimum atomic E-state index is -0.182. The standard InChI is InChI=1S/C18H22N2OS/c1-11(18(19)8-9-18)20-16(21)14-10-12-4-3-5-13(15(12)22-14)17(2)6-7-17/h3-5,10-11H,6-9,19H2,1-2H3,(H,20,21). The Hall–Kier alpha value is -1.39. The number of benzene rings is 1. The fraction of sp³-hybridized carbons (Fsp3) is 0.500. The number of thiophene rings is 1. The molecule has 0 aliphatic heterocycles. The topological polar surface area (TPSA) is 55.1 Å². The van der Waals surface area contributed by atoms with Crippen LogP contribution < -0.4 is 11.1 Å². The summed E-state index contributed by atoms with van der Waals surface area (Å²) >= 11 is 1.62. The van der Waals surface area contributed by atoms with Crippen LogP contribution >= 0.6 is 11.3 Å². The maximum atomic E-state index is 12.5. The zero-order valence-electron chi connectivity index (χ0n) is 13.1. The Morgan fingerprint density at radius 2 is 2.05 bits per heavy atom. The Morgan fingerprint density at radius 3 is 2.68 bits per heavy atom. The van der Waals surface area contributed by atoms with Crippen molar-refractivity contribution in [2.24, 2.45) is 5.73 Å². The molecule has 2 aliphatic carbocycles. The molecule has 1 amide bonds. The van der Waals surface area contributed by atoms with Crippen LogP contribution in [0.3, 0.4) is 0 Å². The van der Waals surface area contributed by atoms with Gasteiger partial charge in [-0.15, -0.1) is 11.3 Å². The van der Waals surface area contributed by atoms with Gasteiger partial charge in [0.05, 0.1) is 4.88 Å². The third-order valence-corrected chi connectivity index (χ3v) is 6.64. The van der Waals surface area contributed by atoms with Crippen LogP contribution in [-0.4, -0.2) is 17.5 Å². The fourth-order valence-corrected chi connectivity index (χ4v) is 4.32. The van der Waals surface area contributed by atoms with Gasteiger partial charge in [-0.2, -0.15) is 0 Å². The molecule has 3 nitrogen and oxygen atoms in total. The highest BCUT2D eigenvalue weighted by atomic mass is 32.1. The second-order valence-corrected chi connectivity index (χ2v) is 8.38. The first-order valence-corrected chi connectivity index (χ1v) is 8.86. The third-order valence-electron chi connectivity index (χ3n) is 5.46. The minimum absolute atomic E-state index is 0.0114. The van der Waals surface area contributed by atoms with Gasteiger partial charge in [0.1, 0.15) is 0 Å². The van der Waals surface area contributed by atoms with Gasteiger partial charge >= 0.3 is 0 Å². The van der Waals surface area contributed by atoms with E-state index in [1.54, 1.807) is 11.3 Å². The Balaban J connectivity index is 1.64. The smallest absolute Gasteiger partial charge is 0.261 e. The van der Waals surface area contributed by atoms with Gasteiger partial charge in [-0.05, 0) is 55.0 Å². The van der Waals surface area contributed by atoms with Gasteiger partial charge in [0, 0.05) is 16.3 Å². The lowest BCUT2D eigenvalue weighted by molar-refractivity contribution is 0.0936. The van der Waals surface area contributed by atoms with Crippen molar-refractivity contribution in [1.29, 1.82) is 0 Å². The van der Waals surface area contributed by atoms with E-state index in [2.05, 4.69) is 30.4 Å². The van der Waals surface area contributed by atoms with E-state index in [1.165, 1.54) is 28.5 Å². The van der Waals surface area contributed by atoms with Crippen LogP contribution in [0.5, 0.6) is 0 Å². The lowest BCUT2D eigenvalue weighted by Gasteiger charge is -2.19. The first kappa shape index (κ1) is 14.2. The van der Waals surface area contributed by atoms with Gasteiger partial charge in [0.25, 0.3) is 5.91 Å². The van der Waals surface area contributed by atoms with Crippen molar-refractivity contribution in [2.45, 2.75) is 56.5 Å². The molecule has 2 saturated carbocycles. The number of nitrogens with one attached hydrogen (secondary N) is 1. The molecule has 4 rings (SSSR count). The van der Waals surface area contributed by atoms with Gasteiger partial charge < -0.3 is 11.1 Å². The number of carbonyl (C=O) groups excluding carboxylic acids is 1. The molecule has 1 unspecified atom stereocenters. The predicted molar refractivity (Wildman–Crippen MR) is 91.5 cm³/mol. The number of amides is 1. The summed E-state index contributed by atoms with van der Waals surface area (Å²) in [4.78, 5) is 13.3. The van der Waals surface area contributed by atoms with E-state index in [0.29, 0.717) is 5.41 Å². The summed E-state index contributed by atoms with van der Waals surface area (Å²) in [5, 5.41) is 4.26. The second kappa shape index (κ2) is 4.56. The Bertz CT molecular complexity index is 756. The van der Waals surface area contributed by atoms with E-state index in [4.69, 9.17) is 5.73 Å². The molecular weight excluding hydrogens is 292 g/mol. The fourth-order valence-electron chi connectivity index (χ4n) is 3.10. The average Bonchev–Trinajstić information content (AvgIpc) is 3.37. The zero-order valence-corrected chi connectivity index (χ0v) is 13.9. The van der Waals surface area contributed by atoms with E-state index < -0.39 is 0 Å². The number of rotatable bonds is 4. The summed E-state index contributed by atoms with van der Waals surface area (Å²) in [6.07, 6.45) is 4.50. The third kappa shape index (κ3) is 2.25.